The largest absolute Gasteiger partial charge is 0.478 e. The Balaban J connectivity index is 1.56. The van der Waals surface area contributed by atoms with Crippen LogP contribution in [0.25, 0.3) is 0 Å². The van der Waals surface area contributed by atoms with Crippen molar-refractivity contribution in [3.63, 3.8) is 0 Å². The van der Waals surface area contributed by atoms with E-state index in [1.54, 1.807) is 0 Å². The molecule has 0 aliphatic carbocycles. The van der Waals surface area contributed by atoms with Gasteiger partial charge in [0.15, 0.2) is 10.8 Å². The van der Waals surface area contributed by atoms with Gasteiger partial charge >= 0.3 is 17.9 Å². The van der Waals surface area contributed by atoms with Gasteiger partial charge < -0.3 is 30.8 Å². The number of nitrogens with one attached hydrogen (secondary N) is 1. The molecule has 4 heterocycles. The molecule has 176 valence electrons. The van der Waals surface area contributed by atoms with Crippen molar-refractivity contribution in [2.45, 2.75) is 36.6 Å². The molecular formula is C17H17N5O9S2. The van der Waals surface area contributed by atoms with E-state index in [0.29, 0.717) is 0 Å². The highest BCUT2D eigenvalue weighted by Crippen LogP contribution is 2.51. The number of hydrogen-bond acceptors (Lipinski definition) is 12. The van der Waals surface area contributed by atoms with Crippen molar-refractivity contribution < 1.29 is 43.8 Å². The van der Waals surface area contributed by atoms with Crippen molar-refractivity contribution in [2.24, 2.45) is 11.1 Å². The normalized spacial score (nSPS) is 29.3. The van der Waals surface area contributed by atoms with Crippen LogP contribution >= 0.6 is 23.1 Å². The number of oxime groups is 1. The molecule has 5 atom stereocenters. The molecular weight excluding hydrogens is 482 g/mol. The van der Waals surface area contributed by atoms with Gasteiger partial charge in [-0.25, -0.2) is 14.6 Å². The lowest BCUT2D eigenvalue weighted by Crippen LogP contribution is -2.80. The van der Waals surface area contributed by atoms with Crippen LogP contribution in [0.4, 0.5) is 5.13 Å². The quantitative estimate of drug-likeness (QED) is 0.149. The Morgan fingerprint density at radius 2 is 2.15 bits per heavy atom. The van der Waals surface area contributed by atoms with E-state index >= 15 is 0 Å². The van der Waals surface area contributed by atoms with Crippen LogP contribution in [0.1, 0.15) is 19.0 Å². The Labute approximate surface area is 193 Å². The zero-order chi connectivity index (χ0) is 24.1. The second-order valence-corrected chi connectivity index (χ2v) is 9.40. The molecule has 3 fully saturated rings. The Kier molecular flexibility index (Phi) is 5.65. The van der Waals surface area contributed by atoms with E-state index in [4.69, 9.17) is 20.4 Å². The highest BCUT2D eigenvalue weighted by atomic mass is 32.2. The fourth-order valence-electron chi connectivity index (χ4n) is 3.70. The molecule has 33 heavy (non-hydrogen) atoms. The van der Waals surface area contributed by atoms with Crippen LogP contribution in [0.5, 0.6) is 0 Å². The summed E-state index contributed by atoms with van der Waals surface area (Å²) >= 11 is 2.21. The molecule has 3 saturated heterocycles. The van der Waals surface area contributed by atoms with Crippen LogP contribution in [-0.4, -0.2) is 84.5 Å². The van der Waals surface area contributed by atoms with E-state index in [2.05, 4.69) is 15.5 Å². The fourth-order valence-corrected chi connectivity index (χ4v) is 5.81. The molecule has 1 aromatic heterocycles. The van der Waals surface area contributed by atoms with Gasteiger partial charge in [-0.1, -0.05) is 5.16 Å². The van der Waals surface area contributed by atoms with Crippen LogP contribution in [0.2, 0.25) is 0 Å². The zero-order valence-corrected chi connectivity index (χ0v) is 18.4. The number of hydrogen-bond donors (Lipinski definition) is 4. The van der Waals surface area contributed by atoms with E-state index in [0.717, 1.165) is 16.2 Å². The summed E-state index contributed by atoms with van der Waals surface area (Å²) in [7, 11) is 0. The maximum absolute atomic E-state index is 12.9. The minimum absolute atomic E-state index is 0.000641. The van der Waals surface area contributed by atoms with Crippen LogP contribution in [0, 0.1) is 5.92 Å². The molecule has 2 amide bonds. The lowest BCUT2D eigenvalue weighted by Gasteiger charge is -2.56. The summed E-state index contributed by atoms with van der Waals surface area (Å²) in [5.74, 6) is -5.65. The van der Waals surface area contributed by atoms with Crippen LogP contribution < -0.4 is 11.1 Å². The second kappa shape index (κ2) is 8.18. The summed E-state index contributed by atoms with van der Waals surface area (Å²) in [5.41, 5.74) is 3.08. The van der Waals surface area contributed by atoms with Crippen molar-refractivity contribution in [2.75, 3.05) is 11.5 Å². The third kappa shape index (κ3) is 3.64. The van der Waals surface area contributed by atoms with E-state index in [1.165, 1.54) is 24.1 Å². The number of nitrogens with two attached hydrogens (primary N) is 1. The molecule has 0 aromatic carbocycles. The lowest BCUT2D eigenvalue weighted by atomic mass is 9.89. The lowest BCUT2D eigenvalue weighted by molar-refractivity contribution is -0.215. The first-order chi connectivity index (χ1) is 15.6. The van der Waals surface area contributed by atoms with Gasteiger partial charge in [-0.05, 0) is 6.92 Å². The molecule has 0 bridgehead atoms. The minimum atomic E-state index is -2.11. The molecule has 0 unspecified atom stereocenters. The SMILES string of the molecule is C[C@H](O/N=C(\C(=O)N[C@@H]1C(=O)N2[C@@H]1SC[C@@H]1CC(=O)O[C@@]12C(=O)O)c1csc(N)n1)C(=O)O. The molecule has 0 radical (unpaired) electrons. The molecule has 0 spiro atoms. The highest BCUT2D eigenvalue weighted by molar-refractivity contribution is 8.00. The number of aromatic nitrogens is 1. The van der Waals surface area contributed by atoms with Gasteiger partial charge in [0, 0.05) is 17.1 Å². The van der Waals surface area contributed by atoms with Gasteiger partial charge in [0.2, 0.25) is 6.10 Å². The Morgan fingerprint density at radius 3 is 2.76 bits per heavy atom. The number of ether oxygens (including phenoxy) is 1. The Morgan fingerprint density at radius 1 is 1.42 bits per heavy atom. The third-order valence-corrected chi connectivity index (χ3v) is 7.42. The van der Waals surface area contributed by atoms with Gasteiger partial charge in [0.05, 0.1) is 6.42 Å². The summed E-state index contributed by atoms with van der Waals surface area (Å²) in [6, 6.07) is -1.14. The van der Waals surface area contributed by atoms with Crippen LogP contribution in [-0.2, 0) is 33.5 Å². The molecule has 14 nitrogen and oxygen atoms in total. The monoisotopic (exact) mass is 499 g/mol. The Bertz CT molecular complexity index is 1090. The van der Waals surface area contributed by atoms with E-state index < -0.39 is 64.6 Å². The first-order valence-corrected chi connectivity index (χ1v) is 11.4. The number of anilines is 1. The number of thioether (sulfide) groups is 1. The fraction of sp³-hybridized carbons (Fsp3) is 0.471. The van der Waals surface area contributed by atoms with Gasteiger partial charge in [-0.15, -0.1) is 23.1 Å². The number of carbonyl (C=O) groups excluding carboxylic acids is 3. The van der Waals surface area contributed by atoms with Crippen molar-refractivity contribution >= 4 is 63.7 Å². The topological polar surface area (TPSA) is 211 Å². The number of carboxylic acid groups (broad SMARTS) is 2. The predicted molar refractivity (Wildman–Crippen MR) is 111 cm³/mol. The third-order valence-electron chi connectivity index (χ3n) is 5.33. The van der Waals surface area contributed by atoms with Crippen LogP contribution in [0.3, 0.4) is 0 Å². The van der Waals surface area contributed by atoms with Crippen molar-refractivity contribution in [3.05, 3.63) is 11.1 Å². The number of carboxylic acids is 2. The number of carbonyl (C=O) groups is 5. The number of nitrogens with zero attached hydrogens (tertiary/aromatic N) is 3. The van der Waals surface area contributed by atoms with Crippen LogP contribution in [0.15, 0.2) is 10.5 Å². The van der Waals surface area contributed by atoms with Gasteiger partial charge in [-0.3, -0.25) is 19.3 Å². The molecule has 1 aromatic rings. The summed E-state index contributed by atoms with van der Waals surface area (Å²) in [6.07, 6.45) is -1.50. The van der Waals surface area contributed by atoms with Gasteiger partial charge in [0.25, 0.3) is 17.5 Å². The van der Waals surface area contributed by atoms with E-state index in [1.807, 2.05) is 0 Å². The number of β-lactam (4-membered cyclic amide) rings is 1. The molecule has 5 N–H and O–H groups in total. The molecule has 3 aliphatic heterocycles. The smallest absolute Gasteiger partial charge is 0.370 e. The first-order valence-electron chi connectivity index (χ1n) is 9.45. The zero-order valence-electron chi connectivity index (χ0n) is 16.8. The molecule has 16 heteroatoms. The number of aliphatic carboxylic acids is 2. The number of fused-ring (bicyclic) bond motifs is 3. The second-order valence-electron chi connectivity index (χ2n) is 7.36. The van der Waals surface area contributed by atoms with E-state index in [-0.39, 0.29) is 23.0 Å². The van der Waals surface area contributed by atoms with Crippen molar-refractivity contribution in [3.8, 4) is 0 Å². The number of amides is 2. The highest BCUT2D eigenvalue weighted by Gasteiger charge is 2.71. The number of esters is 1. The van der Waals surface area contributed by atoms with Gasteiger partial charge in [-0.2, -0.15) is 0 Å². The summed E-state index contributed by atoms with van der Waals surface area (Å²) < 4.78 is 5.10. The van der Waals surface area contributed by atoms with Crippen molar-refractivity contribution in [1.82, 2.24) is 15.2 Å². The number of rotatable bonds is 7. The summed E-state index contributed by atoms with van der Waals surface area (Å²) in [4.78, 5) is 70.3. The minimum Gasteiger partial charge on any atom is -0.478 e. The average molecular weight is 499 g/mol. The maximum atomic E-state index is 12.9. The standard InChI is InChI=1S/C17H17N5O9S2/c1-5(14(26)27)31-21-9(7-4-33-16(18)19-7)11(24)20-10-12(25)22-13(10)32-3-6-2-8(23)30-17(6,22)15(28)29/h4-6,10,13H,2-3H2,1H3,(H2,18,19)(H,20,24)(H,26,27)(H,28,29)/b21-9-/t5-,6-,10+,13+,17+/m0/s1. The number of nitrogen functional groups attached to an aromatic ring is 1. The number of thiazole rings is 1. The average Bonchev–Trinajstić information content (AvgIpc) is 3.33. The van der Waals surface area contributed by atoms with E-state index in [9.17, 15) is 29.1 Å². The molecule has 3 aliphatic rings. The van der Waals surface area contributed by atoms with Gasteiger partial charge in [0.1, 0.15) is 17.1 Å². The molecule has 0 saturated carbocycles. The summed E-state index contributed by atoms with van der Waals surface area (Å²) in [6.45, 7) is 1.20. The first kappa shape index (κ1) is 22.8. The van der Waals surface area contributed by atoms with Crippen molar-refractivity contribution in [1.29, 1.82) is 0 Å². The maximum Gasteiger partial charge on any atom is 0.370 e. The molecule has 4 rings (SSSR count). The summed E-state index contributed by atoms with van der Waals surface area (Å²) in [5, 5.41) is 25.5. The predicted octanol–water partition coefficient (Wildman–Crippen LogP) is -1.34. The Hall–Kier alpha value is -3.40.